The van der Waals surface area contributed by atoms with Crippen LogP contribution in [-0.2, 0) is 14.4 Å². The highest BCUT2D eigenvalue weighted by Crippen LogP contribution is 2.33. The predicted octanol–water partition coefficient (Wildman–Crippen LogP) is 3.94. The van der Waals surface area contributed by atoms with Gasteiger partial charge in [0.25, 0.3) is 5.91 Å². The molecule has 0 unspecified atom stereocenters. The van der Waals surface area contributed by atoms with E-state index >= 15 is 0 Å². The van der Waals surface area contributed by atoms with E-state index in [0.717, 1.165) is 18.6 Å². The number of ether oxygens (including phenoxy) is 2. The molecule has 0 radical (unpaired) electrons. The summed E-state index contributed by atoms with van der Waals surface area (Å²) in [5.41, 5.74) is 1.59. The standard InChI is InChI=1S/C35H46N4O6/c1-23(2)32-35(43)39-19-8-11-26(39)22-45-30-13-7-6-12-28(30)33(41)37-29(21-31(40)38-32)34(42)36-18-20-44-27-16-14-25(15-17-27)24-9-4-3-5-10-24/h6-7,12-17,23-24,26,29,32H,3-5,8-11,18-22H2,1-2H3,(H,36,42)(H,37,41)(H,38,40)/t26-,29-,32+/m0/s1. The van der Waals surface area contributed by atoms with Gasteiger partial charge in [0, 0.05) is 6.54 Å². The zero-order valence-electron chi connectivity index (χ0n) is 26.4. The summed E-state index contributed by atoms with van der Waals surface area (Å²) in [6.45, 7) is 4.95. The third kappa shape index (κ3) is 8.35. The van der Waals surface area contributed by atoms with E-state index in [1.807, 2.05) is 26.0 Å². The van der Waals surface area contributed by atoms with Gasteiger partial charge in [-0.2, -0.15) is 0 Å². The third-order valence-corrected chi connectivity index (χ3v) is 9.11. The van der Waals surface area contributed by atoms with Gasteiger partial charge in [-0.1, -0.05) is 57.4 Å². The van der Waals surface area contributed by atoms with Gasteiger partial charge >= 0.3 is 0 Å². The van der Waals surface area contributed by atoms with Crippen LogP contribution in [0, 0.1) is 5.92 Å². The largest absolute Gasteiger partial charge is 0.492 e. The monoisotopic (exact) mass is 618 g/mol. The van der Waals surface area contributed by atoms with Gasteiger partial charge in [0.1, 0.15) is 36.8 Å². The molecule has 0 spiro atoms. The van der Waals surface area contributed by atoms with Crippen LogP contribution in [0.4, 0.5) is 0 Å². The van der Waals surface area contributed by atoms with E-state index in [9.17, 15) is 19.2 Å². The Labute approximate surface area is 265 Å². The number of rotatable bonds is 7. The van der Waals surface area contributed by atoms with Crippen LogP contribution in [0.15, 0.2) is 48.5 Å². The van der Waals surface area contributed by atoms with Crippen LogP contribution in [0.3, 0.4) is 0 Å². The molecule has 3 N–H and O–H groups in total. The highest BCUT2D eigenvalue weighted by atomic mass is 16.5. The van der Waals surface area contributed by atoms with E-state index < -0.39 is 29.8 Å². The smallest absolute Gasteiger partial charge is 0.255 e. The van der Waals surface area contributed by atoms with Crippen molar-refractivity contribution in [2.45, 2.75) is 89.3 Å². The van der Waals surface area contributed by atoms with Gasteiger partial charge in [-0.15, -0.1) is 0 Å². The van der Waals surface area contributed by atoms with Crippen molar-refractivity contribution in [1.29, 1.82) is 0 Å². The van der Waals surface area contributed by atoms with Crippen LogP contribution >= 0.6 is 0 Å². The lowest BCUT2D eigenvalue weighted by Crippen LogP contribution is -2.55. The molecule has 10 nitrogen and oxygen atoms in total. The van der Waals surface area contributed by atoms with Crippen molar-refractivity contribution in [3.63, 3.8) is 0 Å². The normalized spacial score (nSPS) is 23.2. The summed E-state index contributed by atoms with van der Waals surface area (Å²) in [5, 5.41) is 8.36. The van der Waals surface area contributed by atoms with Gasteiger partial charge in [0.05, 0.1) is 24.6 Å². The first-order valence-electron chi connectivity index (χ1n) is 16.4. The Morgan fingerprint density at radius 1 is 0.978 bits per heavy atom. The van der Waals surface area contributed by atoms with Crippen LogP contribution < -0.4 is 25.4 Å². The summed E-state index contributed by atoms with van der Waals surface area (Å²) in [5.74, 6) is -0.180. The Hall–Kier alpha value is -4.08. The molecule has 2 aromatic carbocycles. The Bertz CT molecular complexity index is 1340. The first-order chi connectivity index (χ1) is 21.8. The maximum Gasteiger partial charge on any atom is 0.255 e. The maximum atomic E-state index is 13.6. The molecule has 0 aromatic heterocycles. The second-order valence-electron chi connectivity index (χ2n) is 12.7. The SMILES string of the molecule is CC(C)[C@H]1NC(=O)C[C@@H](C(=O)NCCOc2ccc(C3CCCCC3)cc2)NC(=O)c2ccccc2OC[C@@H]2CCCN2C1=O. The number of para-hydroxylation sites is 1. The van der Waals surface area contributed by atoms with E-state index in [1.165, 1.54) is 37.7 Å². The fourth-order valence-corrected chi connectivity index (χ4v) is 6.56. The number of benzene rings is 2. The topological polar surface area (TPSA) is 126 Å². The molecule has 1 aliphatic carbocycles. The molecule has 242 valence electrons. The van der Waals surface area contributed by atoms with Gasteiger partial charge in [-0.05, 0) is 67.3 Å². The molecule has 0 bridgehead atoms. The molecule has 2 heterocycles. The molecule has 1 saturated heterocycles. The maximum absolute atomic E-state index is 13.6. The average Bonchev–Trinajstić information content (AvgIpc) is 3.53. The highest BCUT2D eigenvalue weighted by molar-refractivity contribution is 6.01. The fraction of sp³-hybridized carbons (Fsp3) is 0.543. The summed E-state index contributed by atoms with van der Waals surface area (Å²) in [6.07, 6.45) is 7.61. The molecule has 2 aromatic rings. The second-order valence-corrected chi connectivity index (χ2v) is 12.7. The van der Waals surface area contributed by atoms with E-state index in [4.69, 9.17) is 9.47 Å². The third-order valence-electron chi connectivity index (χ3n) is 9.11. The Morgan fingerprint density at radius 3 is 2.49 bits per heavy atom. The van der Waals surface area contributed by atoms with Crippen molar-refractivity contribution >= 4 is 23.6 Å². The van der Waals surface area contributed by atoms with E-state index in [2.05, 4.69) is 28.1 Å². The molecule has 3 aliphatic rings. The van der Waals surface area contributed by atoms with Gasteiger partial charge in [-0.25, -0.2) is 0 Å². The quantitative estimate of drug-likeness (QED) is 0.404. The average molecular weight is 619 g/mol. The Balaban J connectivity index is 1.25. The molecule has 45 heavy (non-hydrogen) atoms. The molecule has 10 heteroatoms. The summed E-state index contributed by atoms with van der Waals surface area (Å²) >= 11 is 0. The van der Waals surface area contributed by atoms with Crippen molar-refractivity contribution < 1.29 is 28.7 Å². The molecule has 4 amide bonds. The first kappa shape index (κ1) is 32.3. The molecular formula is C35H46N4O6. The predicted molar refractivity (Wildman–Crippen MR) is 170 cm³/mol. The highest BCUT2D eigenvalue weighted by Gasteiger charge is 2.37. The van der Waals surface area contributed by atoms with E-state index in [0.29, 0.717) is 18.2 Å². The van der Waals surface area contributed by atoms with Crippen molar-refractivity contribution in [2.75, 3.05) is 26.3 Å². The van der Waals surface area contributed by atoms with Crippen LogP contribution in [0.1, 0.15) is 87.1 Å². The molecular weight excluding hydrogens is 572 g/mol. The minimum atomic E-state index is -1.18. The number of nitrogens with zero attached hydrogens (tertiary/aromatic N) is 1. The van der Waals surface area contributed by atoms with E-state index in [1.54, 1.807) is 29.2 Å². The Morgan fingerprint density at radius 2 is 1.73 bits per heavy atom. The number of carbonyl (C=O) groups excluding carboxylic acids is 4. The second kappa shape index (κ2) is 15.3. The molecule has 2 fully saturated rings. The summed E-state index contributed by atoms with van der Waals surface area (Å²) in [7, 11) is 0. The van der Waals surface area contributed by atoms with Crippen molar-refractivity contribution in [3.8, 4) is 11.5 Å². The van der Waals surface area contributed by atoms with Crippen LogP contribution in [0.5, 0.6) is 11.5 Å². The minimum absolute atomic E-state index is 0.162. The summed E-state index contributed by atoms with van der Waals surface area (Å²) in [4.78, 5) is 55.4. The van der Waals surface area contributed by atoms with Gasteiger partial charge in [0.15, 0.2) is 0 Å². The van der Waals surface area contributed by atoms with Crippen molar-refractivity contribution in [2.24, 2.45) is 5.92 Å². The van der Waals surface area contributed by atoms with Crippen molar-refractivity contribution in [1.82, 2.24) is 20.9 Å². The lowest BCUT2D eigenvalue weighted by molar-refractivity contribution is -0.139. The molecule has 5 rings (SSSR count). The zero-order valence-corrected chi connectivity index (χ0v) is 26.4. The Kier molecular flexibility index (Phi) is 11.0. The van der Waals surface area contributed by atoms with Crippen LogP contribution in [-0.4, -0.2) is 73.0 Å². The number of hydrogen-bond acceptors (Lipinski definition) is 6. The lowest BCUT2D eigenvalue weighted by atomic mass is 9.84. The zero-order chi connectivity index (χ0) is 31.8. The number of fused-ring (bicyclic) bond motifs is 2. The first-order valence-corrected chi connectivity index (χ1v) is 16.4. The number of nitrogens with one attached hydrogen (secondary N) is 3. The van der Waals surface area contributed by atoms with Gasteiger partial charge < -0.3 is 30.3 Å². The van der Waals surface area contributed by atoms with Gasteiger partial charge in [0.2, 0.25) is 17.7 Å². The van der Waals surface area contributed by atoms with Crippen LogP contribution in [0.2, 0.25) is 0 Å². The number of hydrogen-bond donors (Lipinski definition) is 3. The number of amides is 4. The summed E-state index contributed by atoms with van der Waals surface area (Å²) < 4.78 is 11.9. The molecule has 3 atom stereocenters. The molecule has 1 saturated carbocycles. The van der Waals surface area contributed by atoms with Crippen molar-refractivity contribution in [3.05, 3.63) is 59.7 Å². The minimum Gasteiger partial charge on any atom is -0.492 e. The van der Waals surface area contributed by atoms with Crippen LogP contribution in [0.25, 0.3) is 0 Å². The summed E-state index contributed by atoms with van der Waals surface area (Å²) in [6, 6.07) is 12.9. The van der Waals surface area contributed by atoms with E-state index in [-0.39, 0.29) is 49.6 Å². The molecule has 2 aliphatic heterocycles. The lowest BCUT2D eigenvalue weighted by Gasteiger charge is -2.32. The van der Waals surface area contributed by atoms with Gasteiger partial charge in [-0.3, -0.25) is 19.2 Å². The fourth-order valence-electron chi connectivity index (χ4n) is 6.56. The number of carbonyl (C=O) groups is 4.